The minimum absolute atomic E-state index is 0.371. The minimum atomic E-state index is -1.28. The van der Waals surface area contributed by atoms with Gasteiger partial charge < -0.3 is 15.9 Å². The summed E-state index contributed by atoms with van der Waals surface area (Å²) in [5.74, 6) is -2.32. The van der Waals surface area contributed by atoms with Crippen molar-refractivity contribution in [2.75, 3.05) is 0 Å². The summed E-state index contributed by atoms with van der Waals surface area (Å²) in [6, 6.07) is -1.28. The number of carboxylic acids is 2. The molecule has 4 N–H and O–H groups in total. The molecule has 13 heavy (non-hydrogen) atoms. The van der Waals surface area contributed by atoms with Gasteiger partial charge in [-0.25, -0.2) is 0 Å². The number of aliphatic carboxylic acids is 2. The highest BCUT2D eigenvalue weighted by Gasteiger charge is 2.49. The fourth-order valence-electron chi connectivity index (χ4n) is 1.90. The molecule has 0 aromatic rings. The fourth-order valence-corrected chi connectivity index (χ4v) is 1.90. The van der Waals surface area contributed by atoms with Crippen molar-refractivity contribution >= 4 is 11.9 Å². The first-order valence-corrected chi connectivity index (χ1v) is 4.22. The Morgan fingerprint density at radius 3 is 2.00 bits per heavy atom. The second-order valence-electron chi connectivity index (χ2n) is 3.48. The maximum atomic E-state index is 10.9. The highest BCUT2D eigenvalue weighted by molar-refractivity contribution is 5.86. The van der Waals surface area contributed by atoms with Crippen molar-refractivity contribution in [3.63, 3.8) is 0 Å². The number of hydrogen-bond donors (Lipinski definition) is 3. The third-order valence-corrected chi connectivity index (χ3v) is 2.78. The van der Waals surface area contributed by atoms with E-state index in [1.807, 2.05) is 0 Å². The van der Waals surface area contributed by atoms with Gasteiger partial charge in [0.25, 0.3) is 0 Å². The van der Waals surface area contributed by atoms with E-state index in [0.717, 1.165) is 12.8 Å². The van der Waals surface area contributed by atoms with E-state index < -0.39 is 23.4 Å². The zero-order valence-corrected chi connectivity index (χ0v) is 7.19. The van der Waals surface area contributed by atoms with Crippen molar-refractivity contribution in [3.05, 3.63) is 0 Å². The van der Waals surface area contributed by atoms with E-state index in [1.54, 1.807) is 0 Å². The Morgan fingerprint density at radius 2 is 1.69 bits per heavy atom. The molecule has 0 radical (unpaired) electrons. The zero-order chi connectivity index (χ0) is 10.1. The van der Waals surface area contributed by atoms with Gasteiger partial charge in [0.1, 0.15) is 6.04 Å². The van der Waals surface area contributed by atoms with E-state index in [9.17, 15) is 9.59 Å². The van der Waals surface area contributed by atoms with Crippen LogP contribution in [0.25, 0.3) is 0 Å². The van der Waals surface area contributed by atoms with Crippen LogP contribution in [0.4, 0.5) is 0 Å². The van der Waals surface area contributed by atoms with Crippen LogP contribution in [0.1, 0.15) is 25.7 Å². The van der Waals surface area contributed by atoms with Gasteiger partial charge in [-0.05, 0) is 12.8 Å². The van der Waals surface area contributed by atoms with Crippen molar-refractivity contribution in [2.24, 2.45) is 11.1 Å². The summed E-state index contributed by atoms with van der Waals surface area (Å²) in [7, 11) is 0. The lowest BCUT2D eigenvalue weighted by Crippen LogP contribution is -2.50. The molecule has 1 atom stereocenters. The number of rotatable bonds is 3. The molecule has 5 heteroatoms. The largest absolute Gasteiger partial charge is 0.481 e. The van der Waals surface area contributed by atoms with Crippen molar-refractivity contribution in [2.45, 2.75) is 31.7 Å². The van der Waals surface area contributed by atoms with Gasteiger partial charge in [0.15, 0.2) is 0 Å². The Balaban J connectivity index is 2.90. The summed E-state index contributed by atoms with van der Waals surface area (Å²) in [5.41, 5.74) is 4.15. The Hall–Kier alpha value is -1.10. The molecule has 74 valence electrons. The van der Waals surface area contributed by atoms with Crippen molar-refractivity contribution in [3.8, 4) is 0 Å². The van der Waals surface area contributed by atoms with Crippen molar-refractivity contribution in [1.29, 1.82) is 0 Å². The predicted molar refractivity (Wildman–Crippen MR) is 44.1 cm³/mol. The highest BCUT2D eigenvalue weighted by Crippen LogP contribution is 2.40. The zero-order valence-electron chi connectivity index (χ0n) is 7.19. The molecule has 0 bridgehead atoms. The number of carboxylic acid groups (broad SMARTS) is 2. The first kappa shape index (κ1) is 9.98. The molecule has 0 aromatic heterocycles. The third-order valence-electron chi connectivity index (χ3n) is 2.78. The van der Waals surface area contributed by atoms with Gasteiger partial charge in [0.05, 0.1) is 5.41 Å². The number of carbonyl (C=O) groups is 2. The second kappa shape index (κ2) is 3.33. The average Bonchev–Trinajstić information content (AvgIpc) is 2.51. The minimum Gasteiger partial charge on any atom is -0.481 e. The van der Waals surface area contributed by atoms with E-state index in [4.69, 9.17) is 15.9 Å². The Bertz CT molecular complexity index is 232. The molecule has 1 saturated carbocycles. The van der Waals surface area contributed by atoms with E-state index in [2.05, 4.69) is 0 Å². The lowest BCUT2D eigenvalue weighted by Gasteiger charge is -2.27. The van der Waals surface area contributed by atoms with Gasteiger partial charge in [-0.3, -0.25) is 9.59 Å². The molecular formula is C8H13NO4. The molecule has 0 unspecified atom stereocenters. The molecule has 0 spiro atoms. The Labute approximate surface area is 75.5 Å². The van der Waals surface area contributed by atoms with Crippen LogP contribution in [0.3, 0.4) is 0 Å². The van der Waals surface area contributed by atoms with Gasteiger partial charge in [0.2, 0.25) is 0 Å². The van der Waals surface area contributed by atoms with Crippen molar-refractivity contribution in [1.82, 2.24) is 0 Å². The van der Waals surface area contributed by atoms with Crippen LogP contribution in [-0.4, -0.2) is 28.2 Å². The third kappa shape index (κ3) is 1.51. The van der Waals surface area contributed by atoms with Gasteiger partial charge in [-0.1, -0.05) is 12.8 Å². The Morgan fingerprint density at radius 1 is 1.23 bits per heavy atom. The molecule has 5 nitrogen and oxygen atoms in total. The smallest absolute Gasteiger partial charge is 0.321 e. The quantitative estimate of drug-likeness (QED) is 0.579. The van der Waals surface area contributed by atoms with Crippen LogP contribution < -0.4 is 5.73 Å². The molecule has 1 fully saturated rings. The van der Waals surface area contributed by atoms with E-state index in [-0.39, 0.29) is 0 Å². The second-order valence-corrected chi connectivity index (χ2v) is 3.48. The van der Waals surface area contributed by atoms with E-state index >= 15 is 0 Å². The lowest BCUT2D eigenvalue weighted by atomic mass is 9.79. The maximum Gasteiger partial charge on any atom is 0.321 e. The molecule has 0 aliphatic heterocycles. The van der Waals surface area contributed by atoms with E-state index in [0.29, 0.717) is 12.8 Å². The van der Waals surface area contributed by atoms with Crippen LogP contribution in [0, 0.1) is 5.41 Å². The predicted octanol–water partition coefficient (Wildman–Crippen LogP) is 0.0433. The highest BCUT2D eigenvalue weighted by atomic mass is 16.4. The molecule has 0 saturated heterocycles. The molecule has 1 aliphatic rings. The summed E-state index contributed by atoms with van der Waals surface area (Å²) in [6.07, 6.45) is 2.23. The molecule has 0 heterocycles. The lowest BCUT2D eigenvalue weighted by molar-refractivity contribution is -0.157. The van der Waals surface area contributed by atoms with Crippen LogP contribution in [-0.2, 0) is 9.59 Å². The number of hydrogen-bond acceptors (Lipinski definition) is 3. The van der Waals surface area contributed by atoms with Crippen LogP contribution in [0.2, 0.25) is 0 Å². The number of nitrogens with two attached hydrogens (primary N) is 1. The first-order chi connectivity index (χ1) is 6.00. The Kier molecular flexibility index (Phi) is 2.56. The SMILES string of the molecule is N[C@@H](C(=O)O)C1(C(=O)O)CCCC1. The molecule has 0 amide bonds. The monoisotopic (exact) mass is 187 g/mol. The summed E-state index contributed by atoms with van der Waals surface area (Å²) < 4.78 is 0. The maximum absolute atomic E-state index is 10.9. The summed E-state index contributed by atoms with van der Waals surface area (Å²) in [5, 5.41) is 17.6. The van der Waals surface area contributed by atoms with Gasteiger partial charge in [-0.15, -0.1) is 0 Å². The van der Waals surface area contributed by atoms with Gasteiger partial charge in [-0.2, -0.15) is 0 Å². The first-order valence-electron chi connectivity index (χ1n) is 4.22. The van der Waals surface area contributed by atoms with Crippen LogP contribution >= 0.6 is 0 Å². The van der Waals surface area contributed by atoms with Crippen molar-refractivity contribution < 1.29 is 19.8 Å². The van der Waals surface area contributed by atoms with Gasteiger partial charge in [0, 0.05) is 0 Å². The van der Waals surface area contributed by atoms with E-state index in [1.165, 1.54) is 0 Å². The molecular weight excluding hydrogens is 174 g/mol. The van der Waals surface area contributed by atoms with Crippen LogP contribution in [0.5, 0.6) is 0 Å². The summed E-state index contributed by atoms with van der Waals surface area (Å²) >= 11 is 0. The molecule has 1 rings (SSSR count). The van der Waals surface area contributed by atoms with Crippen LogP contribution in [0.15, 0.2) is 0 Å². The topological polar surface area (TPSA) is 101 Å². The normalized spacial score (nSPS) is 22.5. The summed E-state index contributed by atoms with van der Waals surface area (Å²) in [6.45, 7) is 0. The fraction of sp³-hybridized carbons (Fsp3) is 0.750. The van der Waals surface area contributed by atoms with Gasteiger partial charge >= 0.3 is 11.9 Å². The summed E-state index contributed by atoms with van der Waals surface area (Å²) in [4.78, 5) is 21.5. The average molecular weight is 187 g/mol. The standard InChI is InChI=1S/C8H13NO4/c9-5(6(10)11)8(7(12)13)3-1-2-4-8/h5H,1-4,9H2,(H,10,11)(H,12,13)/t5-/m0/s1. The molecule has 1 aliphatic carbocycles. The molecule has 0 aromatic carbocycles.